The molecular formula is C33H29NO5S. The number of benzene rings is 4. The summed E-state index contributed by atoms with van der Waals surface area (Å²) in [6, 6.07) is 32.8. The van der Waals surface area contributed by atoms with Gasteiger partial charge in [0.2, 0.25) is 0 Å². The molecular weight excluding hydrogens is 522 g/mol. The van der Waals surface area contributed by atoms with E-state index in [0.29, 0.717) is 17.5 Å². The largest absolute Gasteiger partial charge is 0.392 e. The van der Waals surface area contributed by atoms with E-state index in [1.807, 2.05) is 66.7 Å². The summed E-state index contributed by atoms with van der Waals surface area (Å²) in [5.41, 5.74) is 4.52. The number of fused-ring (bicyclic) bond motifs is 1. The van der Waals surface area contributed by atoms with Gasteiger partial charge in [-0.3, -0.25) is 14.5 Å². The van der Waals surface area contributed by atoms with Crippen molar-refractivity contribution in [2.75, 3.05) is 5.75 Å². The molecule has 7 heteroatoms. The Balaban J connectivity index is 1.18. The van der Waals surface area contributed by atoms with Crippen molar-refractivity contribution in [2.45, 2.75) is 43.0 Å². The second-order valence-corrected chi connectivity index (χ2v) is 11.1. The number of aliphatic hydroxyl groups excluding tert-OH is 1. The summed E-state index contributed by atoms with van der Waals surface area (Å²) in [5.74, 6) is 0.252. The van der Waals surface area contributed by atoms with Gasteiger partial charge in [-0.1, -0.05) is 78.9 Å². The number of imide groups is 1. The van der Waals surface area contributed by atoms with Crippen LogP contribution in [-0.4, -0.2) is 33.7 Å². The molecule has 0 aliphatic carbocycles. The standard InChI is InChI=1S/C33H29NO5S/c35-20-23-12-14-24(15-13-23)30-18-26(21-40-27-6-2-1-3-7-27)38-33(39-30)25-16-10-22(11-17-25)19-34-31(36)28-8-4-5-9-29(28)32(34)37/h1-17,26,30,33,35H,18-21H2/t26-,30+,33+/m1/s1. The van der Waals surface area contributed by atoms with E-state index in [1.165, 1.54) is 9.80 Å². The van der Waals surface area contributed by atoms with E-state index in [4.69, 9.17) is 9.47 Å². The third-order valence-corrected chi connectivity index (χ3v) is 8.41. The van der Waals surface area contributed by atoms with E-state index in [9.17, 15) is 14.7 Å². The maximum absolute atomic E-state index is 12.8. The van der Waals surface area contributed by atoms with Gasteiger partial charge in [0.05, 0.1) is 36.5 Å². The first kappa shape index (κ1) is 26.5. The Morgan fingerprint density at radius 2 is 1.32 bits per heavy atom. The predicted molar refractivity (Wildman–Crippen MR) is 153 cm³/mol. The Kier molecular flexibility index (Phi) is 7.80. The minimum absolute atomic E-state index is 0.000933. The number of rotatable bonds is 8. The van der Waals surface area contributed by atoms with Crippen LogP contribution in [0.1, 0.15) is 61.8 Å². The number of thioether (sulfide) groups is 1. The van der Waals surface area contributed by atoms with Crippen LogP contribution in [0.5, 0.6) is 0 Å². The average Bonchev–Trinajstić information content (AvgIpc) is 3.25. The van der Waals surface area contributed by atoms with Crippen molar-refractivity contribution in [3.05, 3.63) is 137 Å². The summed E-state index contributed by atoms with van der Waals surface area (Å²) in [4.78, 5) is 28.1. The van der Waals surface area contributed by atoms with Gasteiger partial charge in [0, 0.05) is 22.6 Å². The molecule has 0 aromatic heterocycles. The molecule has 6 rings (SSSR count). The first-order valence-corrected chi connectivity index (χ1v) is 14.3. The Hall–Kier alpha value is -3.75. The predicted octanol–water partition coefficient (Wildman–Crippen LogP) is 6.31. The highest BCUT2D eigenvalue weighted by molar-refractivity contribution is 7.99. The second-order valence-electron chi connectivity index (χ2n) is 9.96. The third kappa shape index (κ3) is 5.60. The van der Waals surface area contributed by atoms with E-state index >= 15 is 0 Å². The van der Waals surface area contributed by atoms with Crippen LogP contribution in [0.3, 0.4) is 0 Å². The number of amides is 2. The van der Waals surface area contributed by atoms with Crippen LogP contribution in [0.4, 0.5) is 0 Å². The zero-order valence-electron chi connectivity index (χ0n) is 21.8. The van der Waals surface area contributed by atoms with Crippen molar-refractivity contribution in [1.82, 2.24) is 4.90 Å². The van der Waals surface area contributed by atoms with E-state index in [2.05, 4.69) is 12.1 Å². The van der Waals surface area contributed by atoms with Gasteiger partial charge < -0.3 is 14.6 Å². The lowest BCUT2D eigenvalue weighted by atomic mass is 10.0. The molecule has 1 fully saturated rings. The number of carbonyl (C=O) groups excluding carboxylic acids is 2. The lowest BCUT2D eigenvalue weighted by Gasteiger charge is -2.36. The van der Waals surface area contributed by atoms with Gasteiger partial charge >= 0.3 is 0 Å². The summed E-state index contributed by atoms with van der Waals surface area (Å²) in [6.07, 6.45) is -0.0477. The third-order valence-electron chi connectivity index (χ3n) is 7.26. The van der Waals surface area contributed by atoms with Gasteiger partial charge in [0.15, 0.2) is 6.29 Å². The normalized spacial score (nSPS) is 20.5. The Labute approximate surface area is 237 Å². The van der Waals surface area contributed by atoms with E-state index in [0.717, 1.165) is 28.0 Å². The van der Waals surface area contributed by atoms with Crippen LogP contribution in [0.2, 0.25) is 0 Å². The molecule has 4 aromatic rings. The highest BCUT2D eigenvalue weighted by Crippen LogP contribution is 2.39. The minimum atomic E-state index is -0.564. The van der Waals surface area contributed by atoms with E-state index < -0.39 is 6.29 Å². The number of ether oxygens (including phenoxy) is 2. The number of hydrogen-bond donors (Lipinski definition) is 1. The number of hydrogen-bond acceptors (Lipinski definition) is 6. The van der Waals surface area contributed by atoms with Crippen molar-refractivity contribution >= 4 is 23.6 Å². The molecule has 2 amide bonds. The zero-order chi connectivity index (χ0) is 27.5. The molecule has 2 aliphatic heterocycles. The van der Waals surface area contributed by atoms with Gasteiger partial charge in [-0.25, -0.2) is 0 Å². The molecule has 1 saturated heterocycles. The first-order valence-electron chi connectivity index (χ1n) is 13.3. The second kappa shape index (κ2) is 11.8. The van der Waals surface area contributed by atoms with Gasteiger partial charge in [-0.15, -0.1) is 11.8 Å². The summed E-state index contributed by atoms with van der Waals surface area (Å²) in [6.45, 7) is 0.204. The molecule has 4 aromatic carbocycles. The lowest BCUT2D eigenvalue weighted by molar-refractivity contribution is -0.245. The number of nitrogens with zero attached hydrogens (tertiary/aromatic N) is 1. The quantitative estimate of drug-likeness (QED) is 0.204. The minimum Gasteiger partial charge on any atom is -0.392 e. The fourth-order valence-electron chi connectivity index (χ4n) is 5.07. The molecule has 202 valence electrons. The van der Waals surface area contributed by atoms with Crippen molar-refractivity contribution < 1.29 is 24.2 Å². The van der Waals surface area contributed by atoms with Gasteiger partial charge in [-0.05, 0) is 41.0 Å². The highest BCUT2D eigenvalue weighted by atomic mass is 32.2. The molecule has 0 saturated carbocycles. The van der Waals surface area contributed by atoms with Crippen molar-refractivity contribution in [2.24, 2.45) is 0 Å². The fraction of sp³-hybridized carbons (Fsp3) is 0.212. The molecule has 40 heavy (non-hydrogen) atoms. The maximum atomic E-state index is 12.8. The Morgan fingerprint density at radius 1 is 0.725 bits per heavy atom. The summed E-state index contributed by atoms with van der Waals surface area (Å²) in [5, 5.41) is 9.44. The van der Waals surface area contributed by atoms with Crippen molar-refractivity contribution in [3.63, 3.8) is 0 Å². The van der Waals surface area contributed by atoms with Crippen LogP contribution in [-0.2, 0) is 22.6 Å². The van der Waals surface area contributed by atoms with Crippen LogP contribution in [0.25, 0.3) is 0 Å². The summed E-state index contributed by atoms with van der Waals surface area (Å²) in [7, 11) is 0. The molecule has 2 heterocycles. The Morgan fingerprint density at radius 3 is 1.98 bits per heavy atom. The fourth-order valence-corrected chi connectivity index (χ4v) is 6.02. The molecule has 0 spiro atoms. The van der Waals surface area contributed by atoms with Crippen LogP contribution in [0, 0.1) is 0 Å². The van der Waals surface area contributed by atoms with Crippen molar-refractivity contribution in [1.29, 1.82) is 0 Å². The summed E-state index contributed by atoms with van der Waals surface area (Å²) >= 11 is 1.76. The van der Waals surface area contributed by atoms with E-state index in [1.54, 1.807) is 36.0 Å². The smallest absolute Gasteiger partial charge is 0.261 e. The average molecular weight is 552 g/mol. The monoisotopic (exact) mass is 551 g/mol. The van der Waals surface area contributed by atoms with Gasteiger partial charge in [0.25, 0.3) is 11.8 Å². The van der Waals surface area contributed by atoms with Crippen LogP contribution < -0.4 is 0 Å². The Bertz CT molecular complexity index is 1450. The number of carbonyl (C=O) groups is 2. The molecule has 3 atom stereocenters. The zero-order valence-corrected chi connectivity index (χ0v) is 22.6. The molecule has 1 N–H and O–H groups in total. The van der Waals surface area contributed by atoms with Crippen LogP contribution >= 0.6 is 11.8 Å². The summed E-state index contributed by atoms with van der Waals surface area (Å²) < 4.78 is 12.9. The SMILES string of the molecule is O=C1c2ccccc2C(=O)N1Cc1ccc([C@H]2O[C@@H](CSc3ccccc3)C[C@@H](c3ccc(CO)cc3)O2)cc1. The maximum Gasteiger partial charge on any atom is 0.261 e. The van der Waals surface area contributed by atoms with Crippen LogP contribution in [0.15, 0.2) is 108 Å². The van der Waals surface area contributed by atoms with Gasteiger partial charge in [0.1, 0.15) is 0 Å². The first-order chi connectivity index (χ1) is 19.6. The molecule has 0 unspecified atom stereocenters. The topological polar surface area (TPSA) is 76.1 Å². The number of aliphatic hydroxyl groups is 1. The lowest BCUT2D eigenvalue weighted by Crippen LogP contribution is -2.31. The molecule has 0 bridgehead atoms. The van der Waals surface area contributed by atoms with Gasteiger partial charge in [-0.2, -0.15) is 0 Å². The van der Waals surface area contributed by atoms with Crippen molar-refractivity contribution in [3.8, 4) is 0 Å². The molecule has 6 nitrogen and oxygen atoms in total. The van der Waals surface area contributed by atoms with E-state index in [-0.39, 0.29) is 37.2 Å². The highest BCUT2D eigenvalue weighted by Gasteiger charge is 2.35. The molecule has 2 aliphatic rings. The molecule has 0 radical (unpaired) electrons.